The lowest BCUT2D eigenvalue weighted by Gasteiger charge is -2.13. The van der Waals surface area contributed by atoms with E-state index in [1.54, 1.807) is 0 Å². The van der Waals surface area contributed by atoms with Gasteiger partial charge in [0.2, 0.25) is 0 Å². The molecule has 14 heavy (non-hydrogen) atoms. The molecule has 1 rings (SSSR count). The van der Waals surface area contributed by atoms with Crippen molar-refractivity contribution in [2.75, 3.05) is 0 Å². The summed E-state index contributed by atoms with van der Waals surface area (Å²) in [6.45, 7) is 5.88. The van der Waals surface area contributed by atoms with Crippen molar-refractivity contribution in [2.45, 2.75) is 26.9 Å². The molecule has 78 valence electrons. The van der Waals surface area contributed by atoms with Crippen LogP contribution in [0.3, 0.4) is 0 Å². The molecule has 4 heteroatoms. The maximum absolute atomic E-state index is 5.87. The van der Waals surface area contributed by atoms with E-state index >= 15 is 0 Å². The maximum Gasteiger partial charge on any atom is 0.338 e. The Kier molecular flexibility index (Phi) is 4.67. The monoisotopic (exact) mass is 232 g/mol. The van der Waals surface area contributed by atoms with E-state index in [1.807, 2.05) is 45.0 Å². The van der Waals surface area contributed by atoms with Crippen molar-refractivity contribution < 1.29 is 9.05 Å². The van der Waals surface area contributed by atoms with E-state index in [0.29, 0.717) is 0 Å². The molecule has 0 aliphatic carbocycles. The Morgan fingerprint density at radius 2 is 1.79 bits per heavy atom. The van der Waals surface area contributed by atoms with Crippen LogP contribution in [0.2, 0.25) is 0 Å². The van der Waals surface area contributed by atoms with Crippen LogP contribution in [-0.4, -0.2) is 6.10 Å². The van der Waals surface area contributed by atoms with Crippen LogP contribution in [0.25, 0.3) is 0 Å². The number of rotatable bonds is 4. The average molecular weight is 233 g/mol. The van der Waals surface area contributed by atoms with Gasteiger partial charge in [-0.15, -0.1) is 0 Å². The fourth-order valence-corrected chi connectivity index (χ4v) is 2.25. The zero-order chi connectivity index (χ0) is 10.6. The number of hydrogen-bond acceptors (Lipinski definition) is 2. The SMILES string of the molecule is Cc1ccc(OP(Cl)OC(C)C)cc1. The molecule has 0 saturated heterocycles. The van der Waals surface area contributed by atoms with Gasteiger partial charge in [0, 0.05) is 0 Å². The highest BCUT2D eigenvalue weighted by Crippen LogP contribution is 2.45. The minimum atomic E-state index is -1.33. The summed E-state index contributed by atoms with van der Waals surface area (Å²) in [4.78, 5) is 0. The Bertz CT molecular complexity index is 274. The molecule has 0 aliphatic rings. The third kappa shape index (κ3) is 4.28. The number of halogens is 1. The largest absolute Gasteiger partial charge is 0.436 e. The van der Waals surface area contributed by atoms with E-state index in [1.165, 1.54) is 5.56 Å². The second-order valence-electron chi connectivity index (χ2n) is 3.27. The van der Waals surface area contributed by atoms with E-state index in [2.05, 4.69) is 0 Å². The molecule has 0 heterocycles. The lowest BCUT2D eigenvalue weighted by atomic mass is 10.2. The second kappa shape index (κ2) is 5.55. The molecule has 0 fully saturated rings. The molecular weight excluding hydrogens is 219 g/mol. The van der Waals surface area contributed by atoms with Crippen LogP contribution in [0.15, 0.2) is 24.3 Å². The van der Waals surface area contributed by atoms with Gasteiger partial charge in [-0.3, -0.25) is 0 Å². The summed E-state index contributed by atoms with van der Waals surface area (Å²) in [5.74, 6) is 0.748. The quantitative estimate of drug-likeness (QED) is 0.722. The molecule has 2 nitrogen and oxygen atoms in total. The summed E-state index contributed by atoms with van der Waals surface area (Å²) in [6.07, 6.45) is 0.0871. The van der Waals surface area contributed by atoms with Gasteiger partial charge in [0.15, 0.2) is 0 Å². The Hall–Kier alpha value is -0.300. The van der Waals surface area contributed by atoms with Gasteiger partial charge in [0.25, 0.3) is 0 Å². The van der Waals surface area contributed by atoms with E-state index in [4.69, 9.17) is 20.3 Å². The molecule has 0 saturated carbocycles. The highest BCUT2D eigenvalue weighted by Gasteiger charge is 2.10. The lowest BCUT2D eigenvalue weighted by molar-refractivity contribution is 0.252. The predicted octanol–water partition coefficient (Wildman–Crippen LogP) is 4.26. The molecule has 1 aromatic carbocycles. The van der Waals surface area contributed by atoms with E-state index in [0.717, 1.165) is 5.75 Å². The average Bonchev–Trinajstić information content (AvgIpc) is 2.07. The number of hydrogen-bond donors (Lipinski definition) is 0. The van der Waals surface area contributed by atoms with Gasteiger partial charge in [-0.1, -0.05) is 17.7 Å². The molecular formula is C10H14ClO2P. The van der Waals surface area contributed by atoms with Gasteiger partial charge < -0.3 is 9.05 Å². The Morgan fingerprint density at radius 1 is 1.21 bits per heavy atom. The first-order chi connectivity index (χ1) is 6.58. The van der Waals surface area contributed by atoms with Crippen LogP contribution < -0.4 is 4.52 Å². The fourth-order valence-electron chi connectivity index (χ4n) is 0.869. The second-order valence-corrected chi connectivity index (χ2v) is 4.92. The molecule has 0 N–H and O–H groups in total. The summed E-state index contributed by atoms with van der Waals surface area (Å²) in [7, 11) is -1.33. The van der Waals surface area contributed by atoms with Gasteiger partial charge in [-0.25, -0.2) is 0 Å². The normalized spacial score (nSPS) is 12.9. The third-order valence-corrected chi connectivity index (χ3v) is 2.88. The van der Waals surface area contributed by atoms with Crippen LogP contribution in [0.1, 0.15) is 19.4 Å². The molecule has 0 aliphatic heterocycles. The molecule has 0 spiro atoms. The molecule has 1 aromatic rings. The standard InChI is InChI=1S/C10H14ClO2P/c1-8(2)12-14(11)13-10-6-4-9(3)5-7-10/h4-8H,1-3H3. The van der Waals surface area contributed by atoms with Crippen LogP contribution in [0.4, 0.5) is 0 Å². The maximum atomic E-state index is 5.87. The highest BCUT2D eigenvalue weighted by molar-refractivity contribution is 7.76. The van der Waals surface area contributed by atoms with E-state index in [-0.39, 0.29) is 6.10 Å². The smallest absolute Gasteiger partial charge is 0.338 e. The van der Waals surface area contributed by atoms with Crippen LogP contribution in [-0.2, 0) is 4.52 Å². The number of aryl methyl sites for hydroxylation is 1. The van der Waals surface area contributed by atoms with Gasteiger partial charge in [0.05, 0.1) is 6.10 Å². The van der Waals surface area contributed by atoms with Gasteiger partial charge in [-0.05, 0) is 44.1 Å². The summed E-state index contributed by atoms with van der Waals surface area (Å²) >= 11 is 5.87. The zero-order valence-electron chi connectivity index (χ0n) is 8.53. The van der Waals surface area contributed by atoms with Crippen molar-refractivity contribution in [1.29, 1.82) is 0 Å². The first-order valence-corrected chi connectivity index (χ1v) is 6.53. The van der Waals surface area contributed by atoms with E-state index < -0.39 is 7.73 Å². The van der Waals surface area contributed by atoms with Gasteiger partial charge >= 0.3 is 7.73 Å². The fraction of sp³-hybridized carbons (Fsp3) is 0.400. The first kappa shape index (κ1) is 11.8. The van der Waals surface area contributed by atoms with Gasteiger partial charge in [-0.2, -0.15) is 0 Å². The van der Waals surface area contributed by atoms with Crippen LogP contribution >= 0.6 is 19.0 Å². The topological polar surface area (TPSA) is 18.5 Å². The van der Waals surface area contributed by atoms with E-state index in [9.17, 15) is 0 Å². The molecule has 0 bridgehead atoms. The van der Waals surface area contributed by atoms with Crippen molar-refractivity contribution in [3.63, 3.8) is 0 Å². The first-order valence-electron chi connectivity index (χ1n) is 4.45. The van der Waals surface area contributed by atoms with Crippen molar-refractivity contribution >= 4 is 19.0 Å². The predicted molar refractivity (Wildman–Crippen MR) is 60.8 cm³/mol. The Labute approximate surface area is 90.9 Å². The lowest BCUT2D eigenvalue weighted by Crippen LogP contribution is -1.97. The Morgan fingerprint density at radius 3 is 2.29 bits per heavy atom. The molecule has 0 amide bonds. The zero-order valence-corrected chi connectivity index (χ0v) is 10.2. The molecule has 1 unspecified atom stereocenters. The van der Waals surface area contributed by atoms with Crippen molar-refractivity contribution in [3.8, 4) is 5.75 Å². The van der Waals surface area contributed by atoms with Crippen molar-refractivity contribution in [2.24, 2.45) is 0 Å². The summed E-state index contributed by atoms with van der Waals surface area (Å²) in [5, 5.41) is 0. The molecule has 1 atom stereocenters. The van der Waals surface area contributed by atoms with Crippen molar-refractivity contribution in [1.82, 2.24) is 0 Å². The molecule has 0 aromatic heterocycles. The summed E-state index contributed by atoms with van der Waals surface area (Å²) < 4.78 is 10.7. The Balaban J connectivity index is 2.47. The minimum absolute atomic E-state index is 0.0871. The van der Waals surface area contributed by atoms with Crippen LogP contribution in [0, 0.1) is 6.92 Å². The summed E-state index contributed by atoms with van der Waals surface area (Å²) in [5.41, 5.74) is 1.20. The number of benzene rings is 1. The highest BCUT2D eigenvalue weighted by atomic mass is 35.7. The third-order valence-electron chi connectivity index (χ3n) is 1.49. The minimum Gasteiger partial charge on any atom is -0.436 e. The summed E-state index contributed by atoms with van der Waals surface area (Å²) in [6, 6.07) is 7.73. The van der Waals surface area contributed by atoms with Gasteiger partial charge in [0.1, 0.15) is 5.75 Å². The van der Waals surface area contributed by atoms with Crippen molar-refractivity contribution in [3.05, 3.63) is 29.8 Å². The van der Waals surface area contributed by atoms with Crippen LogP contribution in [0.5, 0.6) is 5.75 Å². The molecule has 0 radical (unpaired) electrons.